The van der Waals surface area contributed by atoms with Gasteiger partial charge in [0.2, 0.25) is 17.7 Å². The van der Waals surface area contributed by atoms with Gasteiger partial charge in [-0.25, -0.2) is 10.1 Å². The van der Waals surface area contributed by atoms with Crippen molar-refractivity contribution in [3.05, 3.63) is 34.2 Å². The van der Waals surface area contributed by atoms with Crippen LogP contribution >= 0.6 is 0 Å². The van der Waals surface area contributed by atoms with Gasteiger partial charge >= 0.3 is 0 Å². The van der Waals surface area contributed by atoms with Crippen LogP contribution in [-0.4, -0.2) is 20.2 Å². The highest BCUT2D eigenvalue weighted by Gasteiger charge is 2.02. The van der Waals surface area contributed by atoms with E-state index < -0.39 is 0 Å². The van der Waals surface area contributed by atoms with Crippen LogP contribution in [0.5, 0.6) is 11.8 Å². The van der Waals surface area contributed by atoms with Gasteiger partial charge in [0.1, 0.15) is 0 Å². The summed E-state index contributed by atoms with van der Waals surface area (Å²) in [5.74, 6) is 0.640. The third-order valence-electron chi connectivity index (χ3n) is 1.71. The molecule has 7 nitrogen and oxygen atoms in total. The lowest BCUT2D eigenvalue weighted by Gasteiger charge is -2.03. The van der Waals surface area contributed by atoms with Crippen LogP contribution in [0.3, 0.4) is 0 Å². The van der Waals surface area contributed by atoms with E-state index in [1.807, 2.05) is 0 Å². The molecular weight excluding hydrogens is 210 g/mol. The van der Waals surface area contributed by atoms with E-state index in [2.05, 4.69) is 20.2 Å². The van der Waals surface area contributed by atoms with Crippen molar-refractivity contribution in [2.75, 3.05) is 5.73 Å². The number of nitrogens with one attached hydrogen (secondary N) is 1. The number of hydrogen-bond donors (Lipinski definition) is 2. The van der Waals surface area contributed by atoms with Gasteiger partial charge in [-0.1, -0.05) is 0 Å². The Hall–Kier alpha value is -2.44. The molecule has 0 aliphatic heterocycles. The van der Waals surface area contributed by atoms with Crippen LogP contribution in [0.2, 0.25) is 0 Å². The average Bonchev–Trinajstić information content (AvgIpc) is 2.20. The third kappa shape index (κ3) is 2.32. The predicted octanol–water partition coefficient (Wildman–Crippen LogP) is 0.243. The van der Waals surface area contributed by atoms with Crippen molar-refractivity contribution in [3.8, 4) is 11.8 Å². The summed E-state index contributed by atoms with van der Waals surface area (Å²) in [6.07, 6.45) is 0. The fourth-order valence-electron chi connectivity index (χ4n) is 1.11. The van der Waals surface area contributed by atoms with Crippen LogP contribution in [0.25, 0.3) is 0 Å². The SMILES string of the molecule is Cc1cc(Oc2ccc(=O)[nH]n2)nc(N)n1. The Bertz CT molecular complexity index is 525. The second-order valence-corrected chi connectivity index (χ2v) is 3.07. The lowest BCUT2D eigenvalue weighted by Crippen LogP contribution is -2.06. The molecule has 0 atom stereocenters. The number of nitrogen functional groups attached to an aromatic ring is 1. The largest absolute Gasteiger partial charge is 0.419 e. The van der Waals surface area contributed by atoms with E-state index >= 15 is 0 Å². The zero-order chi connectivity index (χ0) is 11.5. The van der Waals surface area contributed by atoms with E-state index in [0.717, 1.165) is 0 Å². The summed E-state index contributed by atoms with van der Waals surface area (Å²) in [4.78, 5) is 18.5. The minimum absolute atomic E-state index is 0.124. The monoisotopic (exact) mass is 219 g/mol. The third-order valence-corrected chi connectivity index (χ3v) is 1.71. The molecule has 0 unspecified atom stereocenters. The molecular formula is C9H9N5O2. The first kappa shape index (κ1) is 10.1. The molecule has 16 heavy (non-hydrogen) atoms. The highest BCUT2D eigenvalue weighted by Crippen LogP contribution is 2.16. The Morgan fingerprint density at radius 3 is 2.75 bits per heavy atom. The molecule has 7 heteroatoms. The fraction of sp³-hybridized carbons (Fsp3) is 0.111. The van der Waals surface area contributed by atoms with Gasteiger partial charge in [0.05, 0.1) is 0 Å². The molecule has 0 aliphatic carbocycles. The molecule has 0 fully saturated rings. The van der Waals surface area contributed by atoms with Crippen molar-refractivity contribution in [2.45, 2.75) is 6.92 Å². The summed E-state index contributed by atoms with van der Waals surface area (Å²) in [7, 11) is 0. The zero-order valence-corrected chi connectivity index (χ0v) is 8.47. The summed E-state index contributed by atoms with van der Waals surface area (Å²) in [5.41, 5.74) is 5.84. The molecule has 3 N–H and O–H groups in total. The molecule has 0 spiro atoms. The number of nitrogens with zero attached hydrogens (tertiary/aromatic N) is 3. The number of aryl methyl sites for hydroxylation is 1. The lowest BCUT2D eigenvalue weighted by atomic mass is 10.4. The standard InChI is InChI=1S/C9H9N5O2/c1-5-4-8(12-9(10)11-5)16-7-3-2-6(15)13-14-7/h2-4H,1H3,(H,13,15)(H2,10,11,12). The Kier molecular flexibility index (Phi) is 2.50. The number of nitrogens with two attached hydrogens (primary N) is 1. The van der Waals surface area contributed by atoms with Gasteiger partial charge in [-0.2, -0.15) is 4.98 Å². The van der Waals surface area contributed by atoms with Gasteiger partial charge in [0.15, 0.2) is 0 Å². The highest BCUT2D eigenvalue weighted by atomic mass is 16.5. The molecule has 0 saturated carbocycles. The summed E-state index contributed by atoms with van der Waals surface area (Å²) in [6, 6.07) is 4.36. The fourth-order valence-corrected chi connectivity index (χ4v) is 1.11. The molecule has 82 valence electrons. The Morgan fingerprint density at radius 1 is 1.31 bits per heavy atom. The van der Waals surface area contributed by atoms with E-state index in [9.17, 15) is 4.79 Å². The molecule has 0 aliphatic rings. The molecule has 2 heterocycles. The van der Waals surface area contributed by atoms with Crippen molar-refractivity contribution in [3.63, 3.8) is 0 Å². The smallest absolute Gasteiger partial charge is 0.264 e. The zero-order valence-electron chi connectivity index (χ0n) is 8.47. The van der Waals surface area contributed by atoms with Crippen molar-refractivity contribution in [1.82, 2.24) is 20.2 Å². The topological polar surface area (TPSA) is 107 Å². The van der Waals surface area contributed by atoms with Gasteiger partial charge in [0.25, 0.3) is 5.56 Å². The van der Waals surface area contributed by atoms with Crippen molar-refractivity contribution in [2.24, 2.45) is 0 Å². The first-order valence-corrected chi connectivity index (χ1v) is 4.48. The summed E-state index contributed by atoms with van der Waals surface area (Å²) >= 11 is 0. The second-order valence-electron chi connectivity index (χ2n) is 3.07. The number of rotatable bonds is 2. The first-order valence-electron chi connectivity index (χ1n) is 4.48. The van der Waals surface area contributed by atoms with Gasteiger partial charge < -0.3 is 10.5 Å². The Labute approximate surface area is 90.3 Å². The minimum Gasteiger partial charge on any atom is -0.419 e. The van der Waals surface area contributed by atoms with Gasteiger partial charge in [-0.3, -0.25) is 4.79 Å². The molecule has 0 bridgehead atoms. The van der Waals surface area contributed by atoms with Crippen LogP contribution in [0.1, 0.15) is 5.69 Å². The Morgan fingerprint density at radius 2 is 2.12 bits per heavy atom. The molecule has 2 rings (SSSR count). The van der Waals surface area contributed by atoms with Gasteiger partial charge in [0, 0.05) is 23.9 Å². The number of H-pyrrole nitrogens is 1. The molecule has 0 aromatic carbocycles. The molecule has 2 aromatic rings. The van der Waals surface area contributed by atoms with Crippen molar-refractivity contribution < 1.29 is 4.74 Å². The van der Waals surface area contributed by atoms with Gasteiger partial charge in [-0.15, -0.1) is 5.10 Å². The van der Waals surface area contributed by atoms with E-state index in [0.29, 0.717) is 5.69 Å². The van der Waals surface area contributed by atoms with E-state index in [4.69, 9.17) is 10.5 Å². The summed E-state index contributed by atoms with van der Waals surface area (Å²) < 4.78 is 5.28. The van der Waals surface area contributed by atoms with Crippen LogP contribution in [0, 0.1) is 6.92 Å². The van der Waals surface area contributed by atoms with Crippen LogP contribution < -0.4 is 16.0 Å². The van der Waals surface area contributed by atoms with Crippen LogP contribution in [-0.2, 0) is 0 Å². The number of anilines is 1. The average molecular weight is 219 g/mol. The van der Waals surface area contributed by atoms with Crippen LogP contribution in [0.15, 0.2) is 23.0 Å². The van der Waals surface area contributed by atoms with Gasteiger partial charge in [-0.05, 0) is 6.92 Å². The maximum absolute atomic E-state index is 10.8. The van der Waals surface area contributed by atoms with Crippen molar-refractivity contribution >= 4 is 5.95 Å². The van der Waals surface area contributed by atoms with Crippen LogP contribution in [0.4, 0.5) is 5.95 Å². The second kappa shape index (κ2) is 3.97. The quantitative estimate of drug-likeness (QED) is 0.749. The number of aromatic amines is 1. The first-order chi connectivity index (χ1) is 7.63. The number of aromatic nitrogens is 4. The molecule has 0 amide bonds. The lowest BCUT2D eigenvalue weighted by molar-refractivity contribution is 0.436. The van der Waals surface area contributed by atoms with E-state index in [1.54, 1.807) is 13.0 Å². The molecule has 0 radical (unpaired) electrons. The predicted molar refractivity (Wildman–Crippen MR) is 56.1 cm³/mol. The van der Waals surface area contributed by atoms with E-state index in [1.165, 1.54) is 12.1 Å². The molecule has 2 aromatic heterocycles. The minimum atomic E-state index is -0.300. The van der Waals surface area contributed by atoms with E-state index in [-0.39, 0.29) is 23.3 Å². The molecule has 0 saturated heterocycles. The highest BCUT2D eigenvalue weighted by molar-refractivity contribution is 5.27. The number of ether oxygens (including phenoxy) is 1. The Balaban J connectivity index is 2.26. The maximum atomic E-state index is 10.8. The number of hydrogen-bond acceptors (Lipinski definition) is 6. The summed E-state index contributed by atoms with van der Waals surface area (Å²) in [5, 5.41) is 5.92. The van der Waals surface area contributed by atoms with Crippen molar-refractivity contribution in [1.29, 1.82) is 0 Å². The maximum Gasteiger partial charge on any atom is 0.264 e. The normalized spacial score (nSPS) is 10.1. The summed E-state index contributed by atoms with van der Waals surface area (Å²) in [6.45, 7) is 1.77.